The van der Waals surface area contributed by atoms with E-state index in [1.54, 1.807) is 13.2 Å². The number of sulfone groups is 1. The highest BCUT2D eigenvalue weighted by Gasteiger charge is 2.29. The lowest BCUT2D eigenvalue weighted by atomic mass is 10.2. The summed E-state index contributed by atoms with van der Waals surface area (Å²) in [6.45, 7) is 5.10. The van der Waals surface area contributed by atoms with Crippen molar-refractivity contribution in [2.24, 2.45) is 0 Å². The SMILES string of the molecule is C=CCN(CC(=O)N[C@@H]1CCS(=O)(=O)C1)Cc1ccc(OC)cc1. The highest BCUT2D eigenvalue weighted by molar-refractivity contribution is 7.91. The number of nitrogens with zero attached hydrogens (tertiary/aromatic N) is 1. The number of ether oxygens (including phenoxy) is 1. The zero-order valence-corrected chi connectivity index (χ0v) is 14.7. The molecular weight excluding hydrogens is 328 g/mol. The van der Waals surface area contributed by atoms with Crippen LogP contribution in [0.25, 0.3) is 0 Å². The quantitative estimate of drug-likeness (QED) is 0.706. The second kappa shape index (κ2) is 8.30. The molecule has 2 rings (SSSR count). The summed E-state index contributed by atoms with van der Waals surface area (Å²) >= 11 is 0. The van der Waals surface area contributed by atoms with E-state index in [1.807, 2.05) is 29.2 Å². The fraction of sp³-hybridized carbons (Fsp3) is 0.471. The molecular formula is C17H24N2O4S. The largest absolute Gasteiger partial charge is 0.497 e. The molecule has 1 atom stereocenters. The Morgan fingerprint density at radius 2 is 2.12 bits per heavy atom. The van der Waals surface area contributed by atoms with Crippen molar-refractivity contribution >= 4 is 15.7 Å². The zero-order valence-electron chi connectivity index (χ0n) is 13.9. The predicted octanol–water partition coefficient (Wildman–Crippen LogP) is 0.987. The van der Waals surface area contributed by atoms with E-state index in [1.165, 1.54) is 0 Å². The van der Waals surface area contributed by atoms with Crippen LogP contribution < -0.4 is 10.1 Å². The van der Waals surface area contributed by atoms with Gasteiger partial charge in [-0.25, -0.2) is 8.42 Å². The Morgan fingerprint density at radius 3 is 2.67 bits per heavy atom. The highest BCUT2D eigenvalue weighted by Crippen LogP contribution is 2.14. The second-order valence-electron chi connectivity index (χ2n) is 5.97. The van der Waals surface area contributed by atoms with Crippen LogP contribution in [0.2, 0.25) is 0 Å². The highest BCUT2D eigenvalue weighted by atomic mass is 32.2. The average Bonchev–Trinajstić information content (AvgIpc) is 2.87. The average molecular weight is 352 g/mol. The van der Waals surface area contributed by atoms with Crippen molar-refractivity contribution in [3.63, 3.8) is 0 Å². The molecule has 0 saturated carbocycles. The molecule has 0 unspecified atom stereocenters. The summed E-state index contributed by atoms with van der Waals surface area (Å²) in [4.78, 5) is 14.1. The number of carbonyl (C=O) groups excluding carboxylic acids is 1. The molecule has 0 bridgehead atoms. The van der Waals surface area contributed by atoms with Gasteiger partial charge in [-0.2, -0.15) is 0 Å². The number of benzene rings is 1. The number of hydrogen-bond donors (Lipinski definition) is 1. The van der Waals surface area contributed by atoms with Crippen molar-refractivity contribution in [2.75, 3.05) is 31.7 Å². The molecule has 0 aromatic heterocycles. The van der Waals surface area contributed by atoms with Gasteiger partial charge in [0.2, 0.25) is 5.91 Å². The lowest BCUT2D eigenvalue weighted by Gasteiger charge is -2.21. The molecule has 1 aliphatic heterocycles. The van der Waals surface area contributed by atoms with Gasteiger partial charge in [0.05, 0.1) is 25.2 Å². The van der Waals surface area contributed by atoms with Crippen LogP contribution in [-0.4, -0.2) is 57.0 Å². The molecule has 24 heavy (non-hydrogen) atoms. The normalized spacial score (nSPS) is 19.2. The number of methoxy groups -OCH3 is 1. The van der Waals surface area contributed by atoms with Crippen molar-refractivity contribution in [2.45, 2.75) is 19.0 Å². The zero-order chi connectivity index (χ0) is 17.6. The minimum atomic E-state index is -2.99. The van der Waals surface area contributed by atoms with E-state index in [9.17, 15) is 13.2 Å². The third-order valence-corrected chi connectivity index (χ3v) is 5.69. The fourth-order valence-electron chi connectivity index (χ4n) is 2.74. The van der Waals surface area contributed by atoms with Gasteiger partial charge < -0.3 is 10.1 Å². The number of rotatable bonds is 8. The summed E-state index contributed by atoms with van der Waals surface area (Å²) in [5.41, 5.74) is 1.06. The predicted molar refractivity (Wildman–Crippen MR) is 93.7 cm³/mol. The maximum atomic E-state index is 12.2. The van der Waals surface area contributed by atoms with Crippen molar-refractivity contribution in [1.82, 2.24) is 10.2 Å². The number of hydrogen-bond acceptors (Lipinski definition) is 5. The molecule has 0 radical (unpaired) electrons. The second-order valence-corrected chi connectivity index (χ2v) is 8.20. The van der Waals surface area contributed by atoms with Gasteiger partial charge in [0.25, 0.3) is 0 Å². The van der Waals surface area contributed by atoms with Gasteiger partial charge in [-0.3, -0.25) is 9.69 Å². The Bertz CT molecular complexity index is 670. The topological polar surface area (TPSA) is 75.7 Å². The first-order valence-corrected chi connectivity index (χ1v) is 9.70. The third kappa shape index (κ3) is 5.65. The van der Waals surface area contributed by atoms with E-state index in [0.717, 1.165) is 11.3 Å². The van der Waals surface area contributed by atoms with Crippen LogP contribution >= 0.6 is 0 Å². The van der Waals surface area contributed by atoms with Crippen LogP contribution in [0, 0.1) is 0 Å². The molecule has 1 aromatic carbocycles. The molecule has 1 aliphatic rings. The van der Waals surface area contributed by atoms with Crippen LogP contribution in [0.4, 0.5) is 0 Å². The molecule has 1 saturated heterocycles. The van der Waals surface area contributed by atoms with Gasteiger partial charge >= 0.3 is 0 Å². The molecule has 132 valence electrons. The number of amides is 1. The molecule has 0 aliphatic carbocycles. The number of nitrogens with one attached hydrogen (secondary N) is 1. The molecule has 1 amide bonds. The first-order chi connectivity index (χ1) is 11.4. The van der Waals surface area contributed by atoms with Gasteiger partial charge in [0.1, 0.15) is 5.75 Å². The van der Waals surface area contributed by atoms with E-state index in [4.69, 9.17) is 4.74 Å². The molecule has 1 aromatic rings. The summed E-state index contributed by atoms with van der Waals surface area (Å²) in [5.74, 6) is 0.820. The van der Waals surface area contributed by atoms with Crippen LogP contribution in [0.5, 0.6) is 5.75 Å². The number of carbonyl (C=O) groups is 1. The first-order valence-electron chi connectivity index (χ1n) is 7.88. The van der Waals surface area contributed by atoms with Crippen LogP contribution in [0.1, 0.15) is 12.0 Å². The van der Waals surface area contributed by atoms with E-state index in [0.29, 0.717) is 19.5 Å². The molecule has 1 N–H and O–H groups in total. The smallest absolute Gasteiger partial charge is 0.234 e. The summed E-state index contributed by atoms with van der Waals surface area (Å²) < 4.78 is 28.0. The van der Waals surface area contributed by atoms with Gasteiger partial charge in [-0.15, -0.1) is 6.58 Å². The standard InChI is InChI=1S/C17H24N2O4S/c1-3-9-19(11-14-4-6-16(23-2)7-5-14)12-17(20)18-15-8-10-24(21,22)13-15/h3-7,15H,1,8-13H2,2H3,(H,18,20)/t15-/m1/s1. The first kappa shape index (κ1) is 18.5. The van der Waals surface area contributed by atoms with Crippen molar-refractivity contribution in [3.8, 4) is 5.75 Å². The van der Waals surface area contributed by atoms with Crippen LogP contribution in [0.15, 0.2) is 36.9 Å². The fourth-order valence-corrected chi connectivity index (χ4v) is 4.42. The third-order valence-electron chi connectivity index (χ3n) is 3.92. The maximum absolute atomic E-state index is 12.2. The van der Waals surface area contributed by atoms with E-state index in [-0.39, 0.29) is 30.0 Å². The van der Waals surface area contributed by atoms with E-state index in [2.05, 4.69) is 11.9 Å². The Labute approximate surface area is 143 Å². The Hall–Kier alpha value is -1.86. The van der Waals surface area contributed by atoms with Gasteiger partial charge in [-0.1, -0.05) is 18.2 Å². The Balaban J connectivity index is 1.89. The van der Waals surface area contributed by atoms with Crippen LogP contribution in [0.3, 0.4) is 0 Å². The minimum absolute atomic E-state index is 0.0404. The van der Waals surface area contributed by atoms with Crippen molar-refractivity contribution < 1.29 is 17.9 Å². The van der Waals surface area contributed by atoms with Gasteiger partial charge in [-0.05, 0) is 24.1 Å². The Morgan fingerprint density at radius 1 is 1.42 bits per heavy atom. The van der Waals surface area contributed by atoms with Crippen molar-refractivity contribution in [1.29, 1.82) is 0 Å². The molecule has 0 spiro atoms. The van der Waals surface area contributed by atoms with Gasteiger partial charge in [0.15, 0.2) is 9.84 Å². The monoisotopic (exact) mass is 352 g/mol. The Kier molecular flexibility index (Phi) is 6.39. The molecule has 7 heteroatoms. The van der Waals surface area contributed by atoms with Crippen LogP contribution in [-0.2, 0) is 21.2 Å². The summed E-state index contributed by atoms with van der Waals surface area (Å²) in [6.07, 6.45) is 2.24. The van der Waals surface area contributed by atoms with E-state index < -0.39 is 9.84 Å². The molecule has 1 fully saturated rings. The van der Waals surface area contributed by atoms with Crippen molar-refractivity contribution in [3.05, 3.63) is 42.5 Å². The van der Waals surface area contributed by atoms with E-state index >= 15 is 0 Å². The molecule has 6 nitrogen and oxygen atoms in total. The lowest BCUT2D eigenvalue weighted by Crippen LogP contribution is -2.42. The minimum Gasteiger partial charge on any atom is -0.497 e. The van der Waals surface area contributed by atoms with Gasteiger partial charge in [0, 0.05) is 19.1 Å². The summed E-state index contributed by atoms with van der Waals surface area (Å²) in [6, 6.07) is 7.40. The summed E-state index contributed by atoms with van der Waals surface area (Å²) in [5, 5.41) is 2.81. The molecule has 1 heterocycles. The maximum Gasteiger partial charge on any atom is 0.234 e. The lowest BCUT2D eigenvalue weighted by molar-refractivity contribution is -0.122. The summed E-state index contributed by atoms with van der Waals surface area (Å²) in [7, 11) is -1.37.